The van der Waals surface area contributed by atoms with E-state index in [-0.39, 0.29) is 12.2 Å². The van der Waals surface area contributed by atoms with Crippen LogP contribution in [0, 0.1) is 12.7 Å². The predicted octanol–water partition coefficient (Wildman–Crippen LogP) is 1.86. The number of halogens is 1. The first-order valence-corrected chi connectivity index (χ1v) is 7.99. The lowest BCUT2D eigenvalue weighted by Gasteiger charge is -2.37. The smallest absolute Gasteiger partial charge is 0.409 e. The molecule has 0 aliphatic carbocycles. The van der Waals surface area contributed by atoms with Crippen LogP contribution in [-0.2, 0) is 4.74 Å². The summed E-state index contributed by atoms with van der Waals surface area (Å²) in [4.78, 5) is 21.0. The molecule has 2 aromatic rings. The van der Waals surface area contributed by atoms with Crippen LogP contribution in [0.4, 0.5) is 15.0 Å². The minimum Gasteiger partial charge on any atom is -0.487 e. The lowest BCUT2D eigenvalue weighted by atomic mass is 10.2. The van der Waals surface area contributed by atoms with Crippen LogP contribution >= 0.6 is 0 Å². The van der Waals surface area contributed by atoms with Crippen LogP contribution in [0.15, 0.2) is 30.5 Å². The molecule has 3 rings (SSSR count). The van der Waals surface area contributed by atoms with Gasteiger partial charge in [-0.3, -0.25) is 4.98 Å². The number of ether oxygens (including phenoxy) is 2. The van der Waals surface area contributed by atoms with Crippen LogP contribution in [0.25, 0.3) is 0 Å². The molecule has 1 atom stereocenters. The second kappa shape index (κ2) is 7.52. The number of aliphatic hydroxyl groups is 1. The molecule has 1 unspecified atom stereocenters. The lowest BCUT2D eigenvalue weighted by molar-refractivity contribution is 0.0181. The van der Waals surface area contributed by atoms with Gasteiger partial charge < -0.3 is 24.8 Å². The Kier molecular flexibility index (Phi) is 5.17. The Balaban J connectivity index is 1.64. The number of carbonyl (C=O) groups excluding carboxylic acids is 1. The molecule has 1 amide bonds. The molecule has 3 heterocycles. The first-order chi connectivity index (χ1) is 12.4. The first-order valence-electron chi connectivity index (χ1n) is 7.99. The molecule has 0 aromatic carbocycles. The molecule has 1 saturated heterocycles. The number of pyridine rings is 2. The number of rotatable bonds is 5. The van der Waals surface area contributed by atoms with Crippen LogP contribution < -0.4 is 10.1 Å². The zero-order chi connectivity index (χ0) is 18.7. The van der Waals surface area contributed by atoms with Crippen molar-refractivity contribution in [1.82, 2.24) is 14.9 Å². The Hall–Kier alpha value is -2.94. The molecule has 0 spiro atoms. The number of methoxy groups -OCH3 is 1. The van der Waals surface area contributed by atoms with Crippen molar-refractivity contribution in [3.8, 4) is 5.75 Å². The molecule has 1 fully saturated rings. The molecule has 138 valence electrons. The standard InChI is InChI=1S/C17H19FN4O4/c1-10-5-12(26-13-8-22(9-13)17(24)25-2)6-14(20-10)16(23)21-15-4-3-11(18)7-19-15/h3-7,13,16,23H,8-9H2,1-2H3,(H,19,21). The van der Waals surface area contributed by atoms with Crippen molar-refractivity contribution in [2.75, 3.05) is 25.5 Å². The van der Waals surface area contributed by atoms with Crippen molar-refractivity contribution < 1.29 is 23.8 Å². The highest BCUT2D eigenvalue weighted by molar-refractivity contribution is 5.68. The van der Waals surface area contributed by atoms with Gasteiger partial charge in [-0.25, -0.2) is 14.2 Å². The highest BCUT2D eigenvalue weighted by Crippen LogP contribution is 2.23. The second-order valence-corrected chi connectivity index (χ2v) is 5.89. The van der Waals surface area contributed by atoms with Crippen LogP contribution in [0.1, 0.15) is 17.6 Å². The number of nitrogens with one attached hydrogen (secondary N) is 1. The lowest BCUT2D eigenvalue weighted by Crippen LogP contribution is -2.56. The van der Waals surface area contributed by atoms with Crippen molar-refractivity contribution in [2.24, 2.45) is 0 Å². The van der Waals surface area contributed by atoms with Crippen molar-refractivity contribution in [2.45, 2.75) is 19.3 Å². The molecule has 1 aliphatic heterocycles. The van der Waals surface area contributed by atoms with E-state index >= 15 is 0 Å². The van der Waals surface area contributed by atoms with Gasteiger partial charge in [0.2, 0.25) is 0 Å². The highest BCUT2D eigenvalue weighted by Gasteiger charge is 2.33. The number of hydrogen-bond acceptors (Lipinski definition) is 7. The van der Waals surface area contributed by atoms with Gasteiger partial charge in [-0.15, -0.1) is 0 Å². The third-order valence-electron chi connectivity index (χ3n) is 3.82. The van der Waals surface area contributed by atoms with Crippen molar-refractivity contribution >= 4 is 11.9 Å². The van der Waals surface area contributed by atoms with E-state index in [1.54, 1.807) is 19.1 Å². The fourth-order valence-electron chi connectivity index (χ4n) is 2.53. The van der Waals surface area contributed by atoms with Crippen molar-refractivity contribution in [3.05, 3.63) is 47.7 Å². The van der Waals surface area contributed by atoms with Gasteiger partial charge in [0, 0.05) is 17.8 Å². The van der Waals surface area contributed by atoms with E-state index < -0.39 is 12.0 Å². The normalized spacial score (nSPS) is 15.2. The number of likely N-dealkylation sites (tertiary alicyclic amines) is 1. The highest BCUT2D eigenvalue weighted by atomic mass is 19.1. The number of carbonyl (C=O) groups is 1. The molecule has 9 heteroatoms. The average Bonchev–Trinajstić information content (AvgIpc) is 2.58. The summed E-state index contributed by atoms with van der Waals surface area (Å²) in [7, 11) is 1.33. The zero-order valence-corrected chi connectivity index (χ0v) is 14.3. The monoisotopic (exact) mass is 362 g/mol. The van der Waals surface area contributed by atoms with Gasteiger partial charge in [0.1, 0.15) is 23.5 Å². The Morgan fingerprint density at radius 3 is 2.85 bits per heavy atom. The van der Waals surface area contributed by atoms with Gasteiger partial charge in [-0.1, -0.05) is 0 Å². The van der Waals surface area contributed by atoms with Gasteiger partial charge >= 0.3 is 6.09 Å². The van der Waals surface area contributed by atoms with Crippen LogP contribution in [0.5, 0.6) is 5.75 Å². The molecular formula is C17H19FN4O4. The Bertz CT molecular complexity index is 781. The molecule has 0 saturated carbocycles. The van der Waals surface area contributed by atoms with E-state index in [9.17, 15) is 14.3 Å². The molecular weight excluding hydrogens is 343 g/mol. The van der Waals surface area contributed by atoms with E-state index in [1.807, 2.05) is 0 Å². The van der Waals surface area contributed by atoms with Gasteiger partial charge in [-0.05, 0) is 19.1 Å². The van der Waals surface area contributed by atoms with Gasteiger partial charge in [0.25, 0.3) is 0 Å². The first kappa shape index (κ1) is 17.9. The molecule has 2 aromatic heterocycles. The summed E-state index contributed by atoms with van der Waals surface area (Å²) >= 11 is 0. The largest absolute Gasteiger partial charge is 0.487 e. The summed E-state index contributed by atoms with van der Waals surface area (Å²) in [6, 6.07) is 6.01. The number of hydrogen-bond donors (Lipinski definition) is 2. The van der Waals surface area contributed by atoms with Gasteiger partial charge in [0.15, 0.2) is 6.23 Å². The number of nitrogens with zero attached hydrogens (tertiary/aromatic N) is 3. The van der Waals surface area contributed by atoms with E-state index in [2.05, 4.69) is 20.0 Å². The average molecular weight is 362 g/mol. The number of aryl methyl sites for hydroxylation is 1. The van der Waals surface area contributed by atoms with Gasteiger partial charge in [-0.2, -0.15) is 0 Å². The number of anilines is 1. The summed E-state index contributed by atoms with van der Waals surface area (Å²) in [5.74, 6) is 0.392. The summed E-state index contributed by atoms with van der Waals surface area (Å²) in [5, 5.41) is 13.1. The van der Waals surface area contributed by atoms with Crippen LogP contribution in [-0.4, -0.2) is 52.4 Å². The van der Waals surface area contributed by atoms with E-state index in [0.717, 1.165) is 6.20 Å². The minimum atomic E-state index is -1.14. The molecule has 1 aliphatic rings. The minimum absolute atomic E-state index is 0.146. The Morgan fingerprint density at radius 1 is 1.42 bits per heavy atom. The molecule has 8 nitrogen and oxygen atoms in total. The second-order valence-electron chi connectivity index (χ2n) is 5.89. The van der Waals surface area contributed by atoms with Crippen molar-refractivity contribution in [3.63, 3.8) is 0 Å². The molecule has 0 bridgehead atoms. The number of amides is 1. The number of aromatic nitrogens is 2. The van der Waals surface area contributed by atoms with E-state index in [0.29, 0.717) is 36.0 Å². The topological polar surface area (TPSA) is 96.8 Å². The van der Waals surface area contributed by atoms with E-state index in [1.165, 1.54) is 24.1 Å². The molecule has 2 N–H and O–H groups in total. The third kappa shape index (κ3) is 4.17. The summed E-state index contributed by atoms with van der Waals surface area (Å²) in [5.41, 5.74) is 1.00. The predicted molar refractivity (Wildman–Crippen MR) is 90.1 cm³/mol. The summed E-state index contributed by atoms with van der Waals surface area (Å²) in [6.45, 7) is 2.65. The Morgan fingerprint density at radius 2 is 2.19 bits per heavy atom. The van der Waals surface area contributed by atoms with Crippen LogP contribution in [0.3, 0.4) is 0 Å². The van der Waals surface area contributed by atoms with Gasteiger partial charge in [0.05, 0.1) is 32.1 Å². The SMILES string of the molecule is COC(=O)N1CC(Oc2cc(C)nc(C(O)Nc3ccc(F)cn3)c2)C1. The number of aliphatic hydroxyl groups excluding tert-OH is 1. The quantitative estimate of drug-likeness (QED) is 0.784. The summed E-state index contributed by atoms with van der Waals surface area (Å²) < 4.78 is 23.4. The van der Waals surface area contributed by atoms with Crippen LogP contribution in [0.2, 0.25) is 0 Å². The summed E-state index contributed by atoms with van der Waals surface area (Å²) in [6.07, 6.45) is -0.615. The van der Waals surface area contributed by atoms with E-state index in [4.69, 9.17) is 4.74 Å². The van der Waals surface area contributed by atoms with Crippen molar-refractivity contribution in [1.29, 1.82) is 0 Å². The molecule has 26 heavy (non-hydrogen) atoms. The Labute approximate surface area is 149 Å². The fraction of sp³-hybridized carbons (Fsp3) is 0.353. The fourth-order valence-corrected chi connectivity index (χ4v) is 2.53. The maximum absolute atomic E-state index is 12.9. The third-order valence-corrected chi connectivity index (χ3v) is 3.82. The zero-order valence-electron chi connectivity index (χ0n) is 14.3. The molecule has 0 radical (unpaired) electrons. The maximum Gasteiger partial charge on any atom is 0.409 e. The maximum atomic E-state index is 12.9.